The fraction of sp³-hybridized carbons (Fsp3) is 0.346. The number of rotatable bonds is 9. The minimum Gasteiger partial charge on any atom is -0.369 e. The van der Waals surface area contributed by atoms with Crippen molar-refractivity contribution in [3.63, 3.8) is 0 Å². The molecule has 5 atom stereocenters. The van der Waals surface area contributed by atoms with Crippen LogP contribution in [0, 0.1) is 0 Å². The predicted molar refractivity (Wildman–Crippen MR) is 141 cm³/mol. The summed E-state index contributed by atoms with van der Waals surface area (Å²) in [6.07, 6.45) is 2.67. The van der Waals surface area contributed by atoms with Gasteiger partial charge in [-0.1, -0.05) is 60.7 Å². The highest BCUT2D eigenvalue weighted by molar-refractivity contribution is 7.85. The Morgan fingerprint density at radius 1 is 1.18 bits per heavy atom. The van der Waals surface area contributed by atoms with Gasteiger partial charge < -0.3 is 20.1 Å². The number of ketones is 1. The first-order chi connectivity index (χ1) is 18.7. The molecule has 2 saturated heterocycles. The number of Topliss-reactive ketones (excluding diaryl/α,β-unsaturated/α-hetero) is 1. The second kappa shape index (κ2) is 9.62. The Labute approximate surface area is 225 Å². The zero-order valence-electron chi connectivity index (χ0n) is 21.1. The summed E-state index contributed by atoms with van der Waals surface area (Å²) >= 11 is 0. The van der Waals surface area contributed by atoms with Crippen LogP contribution in [0.3, 0.4) is 0 Å². The largest absolute Gasteiger partial charge is 0.369 e. The number of anilines is 1. The van der Waals surface area contributed by atoms with Gasteiger partial charge in [-0.3, -0.25) is 19.3 Å². The van der Waals surface area contributed by atoms with Gasteiger partial charge in [0.1, 0.15) is 23.2 Å². The molecule has 6 rings (SSSR count). The summed E-state index contributed by atoms with van der Waals surface area (Å²) in [5.41, 5.74) is 5.35. The molecule has 3 aliphatic heterocycles. The molecule has 0 saturated carbocycles. The number of carbonyl (C=O) groups excluding carboxylic acids is 1. The van der Waals surface area contributed by atoms with Gasteiger partial charge in [0.25, 0.3) is 10.1 Å². The smallest absolute Gasteiger partial charge is 0.264 e. The lowest BCUT2D eigenvalue weighted by Gasteiger charge is -2.33. The molecule has 0 amide bonds. The first-order valence-electron chi connectivity index (χ1n) is 12.4. The maximum Gasteiger partial charge on any atom is 0.264 e. The number of ether oxygens (including phenoxy) is 2. The van der Waals surface area contributed by atoms with Crippen molar-refractivity contribution in [2.75, 3.05) is 24.7 Å². The lowest BCUT2D eigenvalue weighted by molar-refractivity contribution is -0.135. The summed E-state index contributed by atoms with van der Waals surface area (Å²) < 4.78 is 43.5. The van der Waals surface area contributed by atoms with E-state index in [9.17, 15) is 13.2 Å². The van der Waals surface area contributed by atoms with Gasteiger partial charge in [0, 0.05) is 12.1 Å². The first kappa shape index (κ1) is 25.8. The van der Waals surface area contributed by atoms with Crippen molar-refractivity contribution in [3.8, 4) is 0 Å². The number of hydrogen-bond acceptors (Lipinski definition) is 11. The molecule has 3 aliphatic rings. The molecule has 2 aromatic carbocycles. The molecule has 2 fully saturated rings. The first-order valence-corrected chi connectivity index (χ1v) is 14.2. The van der Waals surface area contributed by atoms with Crippen LogP contribution in [0.2, 0.25) is 0 Å². The highest BCUT2D eigenvalue weighted by Crippen LogP contribution is 2.46. The number of nitrogens with two attached hydrogens (primary N) is 1. The Morgan fingerprint density at radius 3 is 2.62 bits per heavy atom. The van der Waals surface area contributed by atoms with Gasteiger partial charge in [0.05, 0.1) is 38.2 Å². The van der Waals surface area contributed by atoms with Crippen molar-refractivity contribution in [1.82, 2.24) is 14.9 Å². The maximum atomic E-state index is 13.4. The number of imidazole rings is 1. The number of aromatic nitrogens is 2. The summed E-state index contributed by atoms with van der Waals surface area (Å²) in [5, 5.41) is 6.45. The van der Waals surface area contributed by atoms with E-state index in [1.807, 2.05) is 36.4 Å². The summed E-state index contributed by atoms with van der Waals surface area (Å²) in [6, 6.07) is 17.9. The molecule has 39 heavy (non-hydrogen) atoms. The number of aliphatic imine (C=N–C) groups is 1. The minimum atomic E-state index is -3.74. The van der Waals surface area contributed by atoms with E-state index in [0.717, 1.165) is 11.8 Å². The normalized spacial score (nSPS) is 29.2. The van der Waals surface area contributed by atoms with Crippen LogP contribution in [0.4, 0.5) is 5.82 Å². The Kier molecular flexibility index (Phi) is 6.37. The summed E-state index contributed by atoms with van der Waals surface area (Å²) in [7, 11) is -3.74. The number of carbonyl (C=O) groups is 1. The minimum absolute atomic E-state index is 0.232. The number of hydrogen-bond donors (Lipinski definition) is 3. The fourth-order valence-corrected chi connectivity index (χ4v) is 5.74. The van der Waals surface area contributed by atoms with Crippen molar-refractivity contribution in [1.29, 1.82) is 0 Å². The zero-order valence-corrected chi connectivity index (χ0v) is 21.9. The van der Waals surface area contributed by atoms with Crippen molar-refractivity contribution in [3.05, 3.63) is 83.8 Å². The van der Waals surface area contributed by atoms with Crippen LogP contribution < -0.4 is 16.4 Å². The number of morpholine rings is 1. The SMILES string of the molecule is CS(=O)(=O)OC[C@@]12CN[C@H]([C@H](n3cnc4c3NC=NC4(N)C(=O)c3ccccc3)O1)[C@H]2OCc1ccccc1. The van der Waals surface area contributed by atoms with E-state index < -0.39 is 39.5 Å². The number of nitrogens with one attached hydrogen (secondary N) is 2. The topological polar surface area (TPSA) is 159 Å². The van der Waals surface area contributed by atoms with Gasteiger partial charge in [0.2, 0.25) is 11.4 Å². The zero-order chi connectivity index (χ0) is 27.3. The third kappa shape index (κ3) is 4.56. The molecule has 1 aromatic heterocycles. The average Bonchev–Trinajstić information content (AvgIpc) is 3.62. The molecule has 0 spiro atoms. The summed E-state index contributed by atoms with van der Waals surface area (Å²) in [5.74, 6) is 0.0403. The number of nitrogens with zero attached hydrogens (tertiary/aromatic N) is 3. The molecule has 4 heterocycles. The Morgan fingerprint density at radius 2 is 1.90 bits per heavy atom. The van der Waals surface area contributed by atoms with Crippen LogP contribution in [0.15, 0.2) is 72.0 Å². The van der Waals surface area contributed by atoms with E-state index in [0.29, 0.717) is 24.5 Å². The molecule has 3 aromatic rings. The second-order valence-corrected chi connectivity index (χ2v) is 11.5. The van der Waals surface area contributed by atoms with E-state index in [1.165, 1.54) is 12.7 Å². The quantitative estimate of drug-likeness (QED) is 0.259. The number of benzene rings is 2. The van der Waals surface area contributed by atoms with Gasteiger partial charge in [-0.05, 0) is 5.56 Å². The van der Waals surface area contributed by atoms with Gasteiger partial charge >= 0.3 is 0 Å². The van der Waals surface area contributed by atoms with Gasteiger partial charge in [-0.2, -0.15) is 8.42 Å². The van der Waals surface area contributed by atoms with Crippen molar-refractivity contribution in [2.24, 2.45) is 10.7 Å². The van der Waals surface area contributed by atoms with Crippen molar-refractivity contribution >= 4 is 28.1 Å². The number of fused-ring (bicyclic) bond motifs is 3. The molecular weight excluding hydrogens is 524 g/mol. The van der Waals surface area contributed by atoms with E-state index in [2.05, 4.69) is 20.6 Å². The lowest BCUT2D eigenvalue weighted by atomic mass is 9.95. The molecule has 2 bridgehead atoms. The highest BCUT2D eigenvalue weighted by atomic mass is 32.2. The molecular formula is C26H28N6O6S. The van der Waals surface area contributed by atoms with Crippen LogP contribution in [-0.2, 0) is 36.0 Å². The van der Waals surface area contributed by atoms with E-state index in [4.69, 9.17) is 19.4 Å². The predicted octanol–water partition coefficient (Wildman–Crippen LogP) is 1.13. The second-order valence-electron chi connectivity index (χ2n) is 9.88. The molecule has 13 heteroatoms. The third-order valence-corrected chi connectivity index (χ3v) is 7.76. The molecule has 1 unspecified atom stereocenters. The fourth-order valence-electron chi connectivity index (χ4n) is 5.33. The maximum absolute atomic E-state index is 13.4. The van der Waals surface area contributed by atoms with Crippen LogP contribution in [0.5, 0.6) is 0 Å². The lowest BCUT2D eigenvalue weighted by Crippen LogP contribution is -2.48. The van der Waals surface area contributed by atoms with Crippen LogP contribution in [0.1, 0.15) is 27.8 Å². The van der Waals surface area contributed by atoms with Crippen molar-refractivity contribution < 1.29 is 26.9 Å². The van der Waals surface area contributed by atoms with E-state index in [1.54, 1.807) is 28.8 Å². The van der Waals surface area contributed by atoms with E-state index >= 15 is 0 Å². The Hall–Kier alpha value is -3.46. The Balaban J connectivity index is 1.32. The van der Waals surface area contributed by atoms with Crippen molar-refractivity contribution in [2.45, 2.75) is 36.2 Å². The molecule has 12 nitrogen and oxygen atoms in total. The summed E-state index contributed by atoms with van der Waals surface area (Å²) in [6.45, 7) is 0.386. The van der Waals surface area contributed by atoms with Gasteiger partial charge in [-0.25, -0.2) is 9.98 Å². The molecule has 4 N–H and O–H groups in total. The van der Waals surface area contributed by atoms with E-state index in [-0.39, 0.29) is 18.3 Å². The third-order valence-electron chi connectivity index (χ3n) is 7.21. The standard InChI is InChI=1S/C26H28N6O6S/c1-39(34,35)37-14-25-13-28-19(22(25)36-12-17-8-4-2-5-9-17)24(38-25)32-16-30-20-23(32)29-15-31-26(20,27)21(33)18-10-6-3-7-11-18/h2-11,15-16,19,22,24,28H,12-14,27H2,1H3,(H,29,31)/t19-,22+,24+,25+,26?/m0/s1. The summed E-state index contributed by atoms with van der Waals surface area (Å²) in [4.78, 5) is 22.1. The van der Waals surface area contributed by atoms with Crippen LogP contribution in [0.25, 0.3) is 0 Å². The Bertz CT molecular complexity index is 1510. The highest BCUT2D eigenvalue weighted by Gasteiger charge is 2.62. The van der Waals surface area contributed by atoms with Gasteiger partial charge in [-0.15, -0.1) is 0 Å². The van der Waals surface area contributed by atoms with Crippen LogP contribution >= 0.6 is 0 Å². The monoisotopic (exact) mass is 552 g/mol. The van der Waals surface area contributed by atoms with Gasteiger partial charge in [0.15, 0.2) is 6.23 Å². The average molecular weight is 553 g/mol. The van der Waals surface area contributed by atoms with Crippen LogP contribution in [-0.4, -0.2) is 67.2 Å². The molecule has 204 valence electrons. The molecule has 0 radical (unpaired) electrons. The molecule has 0 aliphatic carbocycles.